The van der Waals surface area contributed by atoms with Crippen molar-refractivity contribution in [3.05, 3.63) is 23.8 Å². The van der Waals surface area contributed by atoms with Gasteiger partial charge in [0.2, 0.25) is 0 Å². The summed E-state index contributed by atoms with van der Waals surface area (Å²) in [5.41, 5.74) is 0.313. The minimum atomic E-state index is -4.14. The molecule has 0 saturated carbocycles. The van der Waals surface area contributed by atoms with Crippen molar-refractivity contribution in [3.63, 3.8) is 0 Å². The molecule has 20 heavy (non-hydrogen) atoms. The molecule has 8 heteroatoms. The first-order valence-electron chi connectivity index (χ1n) is 5.78. The van der Waals surface area contributed by atoms with Crippen molar-refractivity contribution < 1.29 is 32.3 Å². The van der Waals surface area contributed by atoms with Gasteiger partial charge in [-0.25, -0.2) is 0 Å². The molecule has 1 aromatic carbocycles. The first-order chi connectivity index (χ1) is 9.31. The molecule has 0 radical (unpaired) electrons. The van der Waals surface area contributed by atoms with E-state index >= 15 is 0 Å². The monoisotopic (exact) mass is 304 g/mol. The molecule has 112 valence electrons. The summed E-state index contributed by atoms with van der Waals surface area (Å²) in [5, 5.41) is 8.48. The van der Waals surface area contributed by atoms with E-state index in [1.165, 1.54) is 25.3 Å². The van der Waals surface area contributed by atoms with Crippen LogP contribution in [0.1, 0.15) is 18.4 Å². The Hall–Kier alpha value is -1.80. The summed E-state index contributed by atoms with van der Waals surface area (Å²) < 4.78 is 40.9. The zero-order chi connectivity index (χ0) is 15.2. The van der Waals surface area contributed by atoms with Gasteiger partial charge in [0.1, 0.15) is 17.3 Å². The van der Waals surface area contributed by atoms with Gasteiger partial charge in [0, 0.05) is 18.1 Å². The number of hydrogen-bond donors (Lipinski definition) is 2. The average molecular weight is 304 g/mol. The first-order valence-corrected chi connectivity index (χ1v) is 7.39. The molecule has 0 unspecified atom stereocenters. The maximum absolute atomic E-state index is 10.8. The molecule has 0 aliphatic rings. The molecule has 0 aliphatic heterocycles. The van der Waals surface area contributed by atoms with E-state index in [1.54, 1.807) is 0 Å². The second-order valence-corrected chi connectivity index (χ2v) is 5.50. The second kappa shape index (κ2) is 7.11. The maximum Gasteiger partial charge on any atom is 0.303 e. The van der Waals surface area contributed by atoms with Crippen molar-refractivity contribution >= 4 is 16.1 Å². The molecule has 0 atom stereocenters. The third-order valence-corrected chi connectivity index (χ3v) is 3.08. The standard InChI is InChI=1S/C12H16O7S/c1-18-11-7-10(19-6-2-3-12(13)14)5-4-9(11)8-20(15,16)17/h4-5,7H,2-3,6,8H2,1H3,(H,13,14)(H,15,16,17). The zero-order valence-electron chi connectivity index (χ0n) is 10.9. The van der Waals surface area contributed by atoms with E-state index in [0.717, 1.165) is 0 Å². The van der Waals surface area contributed by atoms with Crippen LogP contribution in [-0.2, 0) is 20.7 Å². The van der Waals surface area contributed by atoms with Crippen LogP contribution in [0, 0.1) is 0 Å². The molecule has 0 bridgehead atoms. The van der Waals surface area contributed by atoms with Gasteiger partial charge in [-0.15, -0.1) is 0 Å². The Balaban J connectivity index is 2.69. The van der Waals surface area contributed by atoms with Crippen LogP contribution in [0.2, 0.25) is 0 Å². The molecule has 1 rings (SSSR count). The van der Waals surface area contributed by atoms with Crippen LogP contribution in [0.4, 0.5) is 0 Å². The normalized spacial score (nSPS) is 11.1. The molecule has 1 aromatic rings. The molecule has 0 amide bonds. The van der Waals surface area contributed by atoms with Gasteiger partial charge < -0.3 is 14.6 Å². The lowest BCUT2D eigenvalue weighted by molar-refractivity contribution is -0.137. The number of rotatable bonds is 8. The van der Waals surface area contributed by atoms with Crippen LogP contribution < -0.4 is 9.47 Å². The number of aliphatic carboxylic acids is 1. The van der Waals surface area contributed by atoms with Crippen LogP contribution in [0.3, 0.4) is 0 Å². The zero-order valence-corrected chi connectivity index (χ0v) is 11.7. The van der Waals surface area contributed by atoms with Gasteiger partial charge in [-0.2, -0.15) is 8.42 Å². The predicted molar refractivity (Wildman–Crippen MR) is 70.6 cm³/mol. The van der Waals surface area contributed by atoms with Crippen molar-refractivity contribution in [2.24, 2.45) is 0 Å². The fourth-order valence-electron chi connectivity index (χ4n) is 1.54. The minimum absolute atomic E-state index is 0.0119. The molecule has 0 saturated heterocycles. The van der Waals surface area contributed by atoms with Gasteiger partial charge in [0.05, 0.1) is 13.7 Å². The van der Waals surface area contributed by atoms with E-state index in [0.29, 0.717) is 17.7 Å². The fraction of sp³-hybridized carbons (Fsp3) is 0.417. The van der Waals surface area contributed by atoms with E-state index in [9.17, 15) is 13.2 Å². The van der Waals surface area contributed by atoms with Crippen LogP contribution in [-0.4, -0.2) is 37.8 Å². The summed E-state index contributed by atoms with van der Waals surface area (Å²) >= 11 is 0. The van der Waals surface area contributed by atoms with Gasteiger partial charge in [-0.1, -0.05) is 6.07 Å². The molecule has 7 nitrogen and oxygen atoms in total. The molecule has 0 spiro atoms. The number of carbonyl (C=O) groups is 1. The van der Waals surface area contributed by atoms with E-state index in [4.69, 9.17) is 19.1 Å². The highest BCUT2D eigenvalue weighted by atomic mass is 32.2. The smallest absolute Gasteiger partial charge is 0.303 e. The number of hydrogen-bond acceptors (Lipinski definition) is 5. The minimum Gasteiger partial charge on any atom is -0.496 e. The maximum atomic E-state index is 10.8. The summed E-state index contributed by atoms with van der Waals surface area (Å²) in [7, 11) is -2.77. The lowest BCUT2D eigenvalue weighted by atomic mass is 10.2. The Morgan fingerprint density at radius 2 is 2.05 bits per heavy atom. The summed E-state index contributed by atoms with van der Waals surface area (Å²) in [5.74, 6) is -0.727. The number of carboxylic acids is 1. The van der Waals surface area contributed by atoms with Gasteiger partial charge in [-0.05, 0) is 12.5 Å². The van der Waals surface area contributed by atoms with Crippen LogP contribution in [0.15, 0.2) is 18.2 Å². The van der Waals surface area contributed by atoms with Crippen LogP contribution >= 0.6 is 0 Å². The molecule has 0 aromatic heterocycles. The van der Waals surface area contributed by atoms with Crippen LogP contribution in [0.25, 0.3) is 0 Å². The first kappa shape index (κ1) is 16.3. The second-order valence-electron chi connectivity index (χ2n) is 4.05. The lowest BCUT2D eigenvalue weighted by Gasteiger charge is -2.10. The number of ether oxygens (including phenoxy) is 2. The summed E-state index contributed by atoms with van der Waals surface area (Å²) in [6.07, 6.45) is 0.377. The summed E-state index contributed by atoms with van der Waals surface area (Å²) in [6, 6.07) is 4.49. The molecule has 0 aliphatic carbocycles. The summed E-state index contributed by atoms with van der Waals surface area (Å²) in [4.78, 5) is 10.3. The third-order valence-electron chi connectivity index (χ3n) is 2.40. The van der Waals surface area contributed by atoms with Crippen molar-refractivity contribution in [2.45, 2.75) is 18.6 Å². The summed E-state index contributed by atoms with van der Waals surface area (Å²) in [6.45, 7) is 0.229. The molecule has 0 heterocycles. The number of methoxy groups -OCH3 is 1. The Kier molecular flexibility index (Phi) is 5.78. The van der Waals surface area contributed by atoms with Gasteiger partial charge in [0.25, 0.3) is 10.1 Å². The molecule has 2 N–H and O–H groups in total. The topological polar surface area (TPSA) is 110 Å². The fourth-order valence-corrected chi connectivity index (χ4v) is 2.18. The van der Waals surface area contributed by atoms with Crippen molar-refractivity contribution in [1.82, 2.24) is 0 Å². The Morgan fingerprint density at radius 1 is 1.35 bits per heavy atom. The van der Waals surface area contributed by atoms with E-state index in [2.05, 4.69) is 0 Å². The largest absolute Gasteiger partial charge is 0.496 e. The predicted octanol–water partition coefficient (Wildman–Crippen LogP) is 1.33. The lowest BCUT2D eigenvalue weighted by Crippen LogP contribution is -2.05. The van der Waals surface area contributed by atoms with E-state index < -0.39 is 21.8 Å². The number of benzene rings is 1. The highest BCUT2D eigenvalue weighted by Crippen LogP contribution is 2.26. The highest BCUT2D eigenvalue weighted by Gasteiger charge is 2.12. The average Bonchev–Trinajstić information content (AvgIpc) is 2.34. The highest BCUT2D eigenvalue weighted by molar-refractivity contribution is 7.85. The van der Waals surface area contributed by atoms with E-state index in [-0.39, 0.29) is 18.8 Å². The van der Waals surface area contributed by atoms with Crippen molar-refractivity contribution in [2.75, 3.05) is 13.7 Å². The Morgan fingerprint density at radius 3 is 2.60 bits per heavy atom. The Labute approximate surface area is 116 Å². The van der Waals surface area contributed by atoms with Crippen molar-refractivity contribution in [3.8, 4) is 11.5 Å². The third kappa shape index (κ3) is 5.89. The van der Waals surface area contributed by atoms with Crippen molar-refractivity contribution in [1.29, 1.82) is 0 Å². The van der Waals surface area contributed by atoms with E-state index in [1.807, 2.05) is 0 Å². The Bertz CT molecular complexity index is 565. The molecular formula is C12H16O7S. The van der Waals surface area contributed by atoms with Crippen LogP contribution in [0.5, 0.6) is 11.5 Å². The van der Waals surface area contributed by atoms with Gasteiger partial charge in [-0.3, -0.25) is 9.35 Å². The van der Waals surface area contributed by atoms with Gasteiger partial charge >= 0.3 is 5.97 Å². The van der Waals surface area contributed by atoms with Gasteiger partial charge in [0.15, 0.2) is 0 Å². The SMILES string of the molecule is COc1cc(OCCCC(=O)O)ccc1CS(=O)(=O)O. The number of carboxylic acid groups (broad SMARTS) is 1. The quantitative estimate of drug-likeness (QED) is 0.550. The molecule has 0 fully saturated rings. The molecular weight excluding hydrogens is 288 g/mol.